The minimum Gasteiger partial charge on any atom is -0.379 e. The Morgan fingerprint density at radius 2 is 2.20 bits per heavy atom. The molecule has 0 saturated carbocycles. The summed E-state index contributed by atoms with van der Waals surface area (Å²) in [6.07, 6.45) is 8.22. The Morgan fingerprint density at radius 1 is 1.27 bits per heavy atom. The molecule has 4 aliphatic rings. The normalized spacial score (nSPS) is 27.4. The molecule has 1 aromatic rings. The van der Waals surface area contributed by atoms with Gasteiger partial charge in [-0.3, -0.25) is 15.0 Å². The monoisotopic (exact) mass is 410 g/mol. The topological polar surface area (TPSA) is 98.8 Å². The first-order valence-corrected chi connectivity index (χ1v) is 10.5. The molecule has 30 heavy (non-hydrogen) atoms. The van der Waals surface area contributed by atoms with Gasteiger partial charge in [-0.1, -0.05) is 12.1 Å². The van der Waals surface area contributed by atoms with Crippen molar-refractivity contribution in [3.05, 3.63) is 48.1 Å². The Morgan fingerprint density at radius 3 is 3.00 bits per heavy atom. The second-order valence-corrected chi connectivity index (χ2v) is 8.04. The highest BCUT2D eigenvalue weighted by Crippen LogP contribution is 2.33. The van der Waals surface area contributed by atoms with Crippen LogP contribution in [0.1, 0.15) is 19.3 Å². The molecule has 9 nitrogen and oxygen atoms in total. The summed E-state index contributed by atoms with van der Waals surface area (Å²) in [6.45, 7) is 2.97. The van der Waals surface area contributed by atoms with Gasteiger partial charge >= 0.3 is 6.03 Å². The molecular formula is C21H26N6O3. The van der Waals surface area contributed by atoms with Crippen molar-refractivity contribution in [3.63, 3.8) is 0 Å². The highest BCUT2D eigenvalue weighted by molar-refractivity contribution is 5.91. The van der Waals surface area contributed by atoms with Gasteiger partial charge in [-0.25, -0.2) is 9.78 Å². The minimum atomic E-state index is -0.533. The molecule has 3 N–H and O–H groups in total. The summed E-state index contributed by atoms with van der Waals surface area (Å²) in [5.41, 5.74) is 0.949. The van der Waals surface area contributed by atoms with Gasteiger partial charge in [0, 0.05) is 25.9 Å². The standard InChI is InChI=1S/C21H26N6O3/c28-20(23-14-4-3-11-30-13-14)16-6-7-17-19(24-16)27(15-8-10-26(17)12-15)21(29)25-18-5-1-2-9-22-18/h1-2,5-7,9,14-16,24H,3-4,8,10-13H2,(H,23,28)(H,22,25,29)/t14?,15-,16?/m0/s1. The summed E-state index contributed by atoms with van der Waals surface area (Å²) >= 11 is 0. The molecule has 5 rings (SSSR count). The van der Waals surface area contributed by atoms with Gasteiger partial charge in [0.15, 0.2) is 0 Å². The first-order chi connectivity index (χ1) is 14.7. The summed E-state index contributed by atoms with van der Waals surface area (Å²) in [5, 5.41) is 9.25. The van der Waals surface area contributed by atoms with Crippen molar-refractivity contribution >= 4 is 17.8 Å². The molecule has 3 atom stereocenters. The van der Waals surface area contributed by atoms with Crippen LogP contribution in [0, 0.1) is 0 Å². The van der Waals surface area contributed by atoms with Crippen molar-refractivity contribution in [1.29, 1.82) is 0 Å². The average Bonchev–Trinajstić information content (AvgIpc) is 3.19. The predicted molar refractivity (Wildman–Crippen MR) is 110 cm³/mol. The molecule has 9 heteroatoms. The number of hydrogen-bond acceptors (Lipinski definition) is 6. The van der Waals surface area contributed by atoms with Gasteiger partial charge in [-0.05, 0) is 37.5 Å². The van der Waals surface area contributed by atoms with E-state index in [4.69, 9.17) is 4.74 Å². The van der Waals surface area contributed by atoms with Crippen molar-refractivity contribution < 1.29 is 14.3 Å². The van der Waals surface area contributed by atoms with E-state index in [-0.39, 0.29) is 24.0 Å². The van der Waals surface area contributed by atoms with E-state index in [0.29, 0.717) is 18.2 Å². The van der Waals surface area contributed by atoms with Crippen LogP contribution in [0.3, 0.4) is 0 Å². The van der Waals surface area contributed by atoms with Crippen LogP contribution in [0.5, 0.6) is 0 Å². The quantitative estimate of drug-likeness (QED) is 0.688. The van der Waals surface area contributed by atoms with Gasteiger partial charge in [0.05, 0.1) is 24.4 Å². The maximum atomic E-state index is 13.1. The molecule has 1 aromatic heterocycles. The number of fused-ring (bicyclic) bond motifs is 3. The minimum absolute atomic E-state index is 0.0340. The van der Waals surface area contributed by atoms with Crippen LogP contribution in [0.25, 0.3) is 0 Å². The lowest BCUT2D eigenvalue weighted by Gasteiger charge is -2.41. The molecule has 0 spiro atoms. The van der Waals surface area contributed by atoms with Crippen LogP contribution in [-0.2, 0) is 9.53 Å². The molecule has 0 radical (unpaired) electrons. The summed E-state index contributed by atoms with van der Waals surface area (Å²) in [6, 6.07) is 4.71. The number of urea groups is 1. The Bertz CT molecular complexity index is 880. The van der Waals surface area contributed by atoms with Crippen molar-refractivity contribution in [2.24, 2.45) is 0 Å². The van der Waals surface area contributed by atoms with Crippen LogP contribution >= 0.6 is 0 Å². The van der Waals surface area contributed by atoms with Crippen molar-refractivity contribution in [2.45, 2.75) is 37.4 Å². The average molecular weight is 410 g/mol. The van der Waals surface area contributed by atoms with E-state index in [0.717, 1.165) is 44.7 Å². The fourth-order valence-electron chi connectivity index (χ4n) is 4.51. The van der Waals surface area contributed by atoms with Crippen molar-refractivity contribution in [2.75, 3.05) is 31.6 Å². The van der Waals surface area contributed by atoms with E-state index in [1.807, 2.05) is 18.2 Å². The number of rotatable bonds is 3. The second-order valence-electron chi connectivity index (χ2n) is 8.04. The van der Waals surface area contributed by atoms with Crippen LogP contribution < -0.4 is 16.0 Å². The first-order valence-electron chi connectivity index (χ1n) is 10.5. The Balaban J connectivity index is 1.33. The summed E-state index contributed by atoms with van der Waals surface area (Å²) in [4.78, 5) is 34.2. The molecule has 2 bridgehead atoms. The Labute approximate surface area is 175 Å². The van der Waals surface area contributed by atoms with Crippen LogP contribution in [0.15, 0.2) is 48.1 Å². The molecule has 4 aliphatic heterocycles. The SMILES string of the molecule is O=C(NC1CCCOC1)C1C=CC2=C(N1)N(C(=O)Nc1ccccn1)[C@H]1CCN2C1. The molecule has 0 aliphatic carbocycles. The van der Waals surface area contributed by atoms with Crippen molar-refractivity contribution in [3.8, 4) is 0 Å². The lowest BCUT2D eigenvalue weighted by Crippen LogP contribution is -2.57. The molecule has 3 amide bonds. The molecule has 2 fully saturated rings. The maximum absolute atomic E-state index is 13.1. The highest BCUT2D eigenvalue weighted by atomic mass is 16.5. The van der Waals surface area contributed by atoms with Gasteiger partial charge in [0.1, 0.15) is 17.7 Å². The lowest BCUT2D eigenvalue weighted by atomic mass is 10.1. The smallest absolute Gasteiger partial charge is 0.328 e. The zero-order chi connectivity index (χ0) is 20.5. The van der Waals surface area contributed by atoms with E-state index in [1.165, 1.54) is 0 Å². The van der Waals surface area contributed by atoms with Crippen LogP contribution in [0.2, 0.25) is 0 Å². The fourth-order valence-corrected chi connectivity index (χ4v) is 4.51. The van der Waals surface area contributed by atoms with E-state index in [1.54, 1.807) is 23.2 Å². The number of nitrogens with zero attached hydrogens (tertiary/aromatic N) is 3. The van der Waals surface area contributed by atoms with Gasteiger partial charge in [0.25, 0.3) is 0 Å². The number of dihydropyridines is 1. The third kappa shape index (κ3) is 3.60. The summed E-state index contributed by atoms with van der Waals surface area (Å²) < 4.78 is 5.46. The molecule has 2 unspecified atom stereocenters. The van der Waals surface area contributed by atoms with E-state index >= 15 is 0 Å². The van der Waals surface area contributed by atoms with Crippen molar-refractivity contribution in [1.82, 2.24) is 25.4 Å². The molecule has 2 saturated heterocycles. The second kappa shape index (κ2) is 7.98. The van der Waals surface area contributed by atoms with Gasteiger partial charge in [-0.2, -0.15) is 0 Å². The zero-order valence-electron chi connectivity index (χ0n) is 16.7. The number of ether oxygens (including phenoxy) is 1. The number of pyridine rings is 1. The molecular weight excluding hydrogens is 384 g/mol. The number of aromatic nitrogens is 1. The number of amides is 3. The van der Waals surface area contributed by atoms with Gasteiger partial charge in [-0.15, -0.1) is 0 Å². The Hall–Kier alpha value is -3.07. The van der Waals surface area contributed by atoms with E-state index < -0.39 is 6.04 Å². The predicted octanol–water partition coefficient (Wildman–Crippen LogP) is 0.996. The number of carbonyl (C=O) groups excluding carboxylic acids is 2. The summed E-state index contributed by atoms with van der Waals surface area (Å²) in [5.74, 6) is 1.08. The van der Waals surface area contributed by atoms with E-state index in [2.05, 4.69) is 25.8 Å². The summed E-state index contributed by atoms with van der Waals surface area (Å²) in [7, 11) is 0. The number of anilines is 1. The number of carbonyl (C=O) groups is 2. The van der Waals surface area contributed by atoms with Gasteiger partial charge < -0.3 is 20.3 Å². The third-order valence-corrected chi connectivity index (χ3v) is 6.00. The number of nitrogens with one attached hydrogen (secondary N) is 3. The molecule has 5 heterocycles. The maximum Gasteiger partial charge on any atom is 0.328 e. The third-order valence-electron chi connectivity index (χ3n) is 6.00. The van der Waals surface area contributed by atoms with E-state index in [9.17, 15) is 9.59 Å². The molecule has 0 aromatic carbocycles. The zero-order valence-corrected chi connectivity index (χ0v) is 16.7. The number of allylic oxidation sites excluding steroid dienone is 1. The Kier molecular flexibility index (Phi) is 5.04. The first kappa shape index (κ1) is 18.9. The van der Waals surface area contributed by atoms with Crippen LogP contribution in [-0.4, -0.2) is 71.2 Å². The fraction of sp³-hybridized carbons (Fsp3) is 0.476. The van der Waals surface area contributed by atoms with Crippen LogP contribution in [0.4, 0.5) is 10.6 Å². The lowest BCUT2D eigenvalue weighted by molar-refractivity contribution is -0.123. The largest absolute Gasteiger partial charge is 0.379 e. The highest BCUT2D eigenvalue weighted by Gasteiger charge is 2.42. The number of hydrogen-bond donors (Lipinski definition) is 3. The van der Waals surface area contributed by atoms with Gasteiger partial charge in [0.2, 0.25) is 5.91 Å². The molecule has 158 valence electrons.